The molecule has 126 valence electrons. The number of unbranched alkanes of at least 4 members (excludes halogenated alkanes) is 1. The largest absolute Gasteiger partial charge is 0.315 e. The van der Waals surface area contributed by atoms with Crippen molar-refractivity contribution in [3.8, 4) is 5.95 Å². The molecule has 0 amide bonds. The molecule has 4 rings (SSSR count). The van der Waals surface area contributed by atoms with Crippen LogP contribution in [-0.2, 0) is 6.54 Å². The van der Waals surface area contributed by atoms with Gasteiger partial charge in [0.2, 0.25) is 5.95 Å². The van der Waals surface area contributed by atoms with Gasteiger partial charge in [0, 0.05) is 18.9 Å². The molecule has 4 aromatic rings. The number of aromatic nitrogens is 6. The van der Waals surface area contributed by atoms with Crippen LogP contribution in [0.25, 0.3) is 27.8 Å². The van der Waals surface area contributed by atoms with E-state index in [9.17, 15) is 9.59 Å². The fourth-order valence-corrected chi connectivity index (χ4v) is 2.85. The van der Waals surface area contributed by atoms with Crippen molar-refractivity contribution in [3.05, 3.63) is 57.6 Å². The van der Waals surface area contributed by atoms with Gasteiger partial charge in [0.15, 0.2) is 0 Å². The minimum absolute atomic E-state index is 0.130. The molecule has 4 heterocycles. The molecule has 0 radical (unpaired) electrons. The standard InChI is InChI=1S/C17H16N6O2/c1-2-3-6-22-7-4-13-11(15(22)24)9-12-14(20-13)5-8-23(16(12)25)17-18-10-19-21-17/h4-5,7-10H,2-3,6H2,1H3,(H,18,19,21). The van der Waals surface area contributed by atoms with Gasteiger partial charge in [-0.3, -0.25) is 14.2 Å². The van der Waals surface area contributed by atoms with Crippen LogP contribution in [0.5, 0.6) is 0 Å². The maximum Gasteiger partial charge on any atom is 0.266 e. The molecule has 0 spiro atoms. The van der Waals surface area contributed by atoms with Crippen molar-refractivity contribution in [2.75, 3.05) is 0 Å². The Morgan fingerprint density at radius 2 is 1.84 bits per heavy atom. The van der Waals surface area contributed by atoms with Gasteiger partial charge in [0.25, 0.3) is 11.1 Å². The summed E-state index contributed by atoms with van der Waals surface area (Å²) < 4.78 is 3.01. The molecule has 8 nitrogen and oxygen atoms in total. The van der Waals surface area contributed by atoms with E-state index in [1.807, 2.05) is 6.07 Å². The van der Waals surface area contributed by atoms with Crippen molar-refractivity contribution in [3.63, 3.8) is 0 Å². The van der Waals surface area contributed by atoms with Crippen molar-refractivity contribution in [1.82, 2.24) is 29.3 Å². The lowest BCUT2D eigenvalue weighted by molar-refractivity contribution is 0.617. The highest BCUT2D eigenvalue weighted by atomic mass is 16.1. The minimum Gasteiger partial charge on any atom is -0.315 e. The van der Waals surface area contributed by atoms with Gasteiger partial charge in [0.1, 0.15) is 6.33 Å². The van der Waals surface area contributed by atoms with Gasteiger partial charge in [-0.05, 0) is 24.6 Å². The summed E-state index contributed by atoms with van der Waals surface area (Å²) in [4.78, 5) is 33.9. The summed E-state index contributed by atoms with van der Waals surface area (Å²) in [5, 5.41) is 7.23. The van der Waals surface area contributed by atoms with Gasteiger partial charge in [-0.2, -0.15) is 10.1 Å². The number of fused-ring (bicyclic) bond motifs is 2. The number of hydrogen-bond acceptors (Lipinski definition) is 5. The molecular weight excluding hydrogens is 320 g/mol. The van der Waals surface area contributed by atoms with Crippen molar-refractivity contribution in [2.45, 2.75) is 26.3 Å². The summed E-state index contributed by atoms with van der Waals surface area (Å²) in [6, 6.07) is 5.16. The maximum atomic E-state index is 12.8. The molecule has 0 aliphatic rings. The molecule has 0 bridgehead atoms. The Morgan fingerprint density at radius 1 is 1.08 bits per heavy atom. The second kappa shape index (κ2) is 5.97. The fourth-order valence-electron chi connectivity index (χ4n) is 2.85. The zero-order valence-corrected chi connectivity index (χ0v) is 13.6. The lowest BCUT2D eigenvalue weighted by atomic mass is 10.2. The monoisotopic (exact) mass is 336 g/mol. The summed E-state index contributed by atoms with van der Waals surface area (Å²) in [5.74, 6) is 0.320. The molecule has 8 heteroatoms. The number of aryl methyl sites for hydroxylation is 1. The van der Waals surface area contributed by atoms with E-state index in [0.29, 0.717) is 34.3 Å². The highest BCUT2D eigenvalue weighted by Gasteiger charge is 2.11. The molecule has 4 aromatic heterocycles. The number of nitrogens with one attached hydrogen (secondary N) is 1. The fraction of sp³-hybridized carbons (Fsp3) is 0.235. The van der Waals surface area contributed by atoms with Crippen LogP contribution < -0.4 is 11.1 Å². The van der Waals surface area contributed by atoms with Crippen LogP contribution in [0.15, 0.2) is 46.5 Å². The van der Waals surface area contributed by atoms with Crippen LogP contribution in [0.1, 0.15) is 19.8 Å². The Balaban J connectivity index is 1.97. The smallest absolute Gasteiger partial charge is 0.266 e. The zero-order chi connectivity index (χ0) is 17.4. The van der Waals surface area contributed by atoms with Crippen LogP contribution in [0.4, 0.5) is 0 Å². The summed E-state index contributed by atoms with van der Waals surface area (Å²) in [6.45, 7) is 2.73. The lowest BCUT2D eigenvalue weighted by Gasteiger charge is -2.08. The molecule has 0 aromatic carbocycles. The third kappa shape index (κ3) is 2.51. The Labute approximate surface area is 141 Å². The molecular formula is C17H16N6O2. The molecule has 25 heavy (non-hydrogen) atoms. The second-order valence-electron chi connectivity index (χ2n) is 5.82. The third-order valence-corrected chi connectivity index (χ3v) is 4.20. The summed E-state index contributed by atoms with van der Waals surface area (Å²) in [5.41, 5.74) is 0.697. The minimum atomic E-state index is -0.299. The van der Waals surface area contributed by atoms with Gasteiger partial charge >= 0.3 is 0 Å². The average molecular weight is 336 g/mol. The average Bonchev–Trinajstić information content (AvgIpc) is 3.15. The SMILES string of the molecule is CCCCn1ccc2nc3ccn(-c4ncn[nH]4)c(=O)c3cc2c1=O. The zero-order valence-electron chi connectivity index (χ0n) is 13.6. The first kappa shape index (κ1) is 15.3. The molecule has 0 atom stereocenters. The molecule has 0 fully saturated rings. The van der Waals surface area contributed by atoms with Crippen molar-refractivity contribution in [1.29, 1.82) is 0 Å². The second-order valence-corrected chi connectivity index (χ2v) is 5.82. The first-order valence-corrected chi connectivity index (χ1v) is 8.10. The summed E-state index contributed by atoms with van der Waals surface area (Å²) in [7, 11) is 0. The molecule has 0 saturated heterocycles. The van der Waals surface area contributed by atoms with E-state index in [0.717, 1.165) is 12.8 Å². The van der Waals surface area contributed by atoms with Gasteiger partial charge in [0.05, 0.1) is 21.8 Å². The molecule has 0 aliphatic heterocycles. The van der Waals surface area contributed by atoms with E-state index >= 15 is 0 Å². The number of H-pyrrole nitrogens is 1. The summed E-state index contributed by atoms with van der Waals surface area (Å²) >= 11 is 0. The topological polar surface area (TPSA) is 98.5 Å². The van der Waals surface area contributed by atoms with E-state index in [2.05, 4.69) is 27.1 Å². The number of hydrogen-bond donors (Lipinski definition) is 1. The van der Waals surface area contributed by atoms with E-state index in [1.165, 1.54) is 10.9 Å². The van der Waals surface area contributed by atoms with Crippen LogP contribution in [0, 0.1) is 0 Å². The Kier molecular flexibility index (Phi) is 3.64. The summed E-state index contributed by atoms with van der Waals surface area (Å²) in [6.07, 6.45) is 6.60. The molecule has 1 N–H and O–H groups in total. The van der Waals surface area contributed by atoms with Crippen LogP contribution >= 0.6 is 0 Å². The van der Waals surface area contributed by atoms with Crippen molar-refractivity contribution >= 4 is 21.8 Å². The van der Waals surface area contributed by atoms with Crippen LogP contribution in [0.3, 0.4) is 0 Å². The van der Waals surface area contributed by atoms with Gasteiger partial charge < -0.3 is 4.57 Å². The normalized spacial score (nSPS) is 11.4. The number of rotatable bonds is 4. The van der Waals surface area contributed by atoms with Crippen molar-refractivity contribution in [2.24, 2.45) is 0 Å². The predicted octanol–water partition coefficient (Wildman–Crippen LogP) is 1.62. The number of pyridine rings is 3. The molecule has 0 aliphatic carbocycles. The highest BCUT2D eigenvalue weighted by molar-refractivity contribution is 5.91. The van der Waals surface area contributed by atoms with Gasteiger partial charge in [-0.15, -0.1) is 0 Å². The number of aromatic amines is 1. The highest BCUT2D eigenvalue weighted by Crippen LogP contribution is 2.15. The first-order chi connectivity index (χ1) is 12.2. The number of nitrogens with zero attached hydrogens (tertiary/aromatic N) is 5. The van der Waals surface area contributed by atoms with Gasteiger partial charge in [-0.1, -0.05) is 13.3 Å². The van der Waals surface area contributed by atoms with Crippen LogP contribution in [0.2, 0.25) is 0 Å². The third-order valence-electron chi connectivity index (χ3n) is 4.20. The van der Waals surface area contributed by atoms with Crippen molar-refractivity contribution < 1.29 is 0 Å². The maximum absolute atomic E-state index is 12.8. The molecule has 0 unspecified atom stereocenters. The Hall–Kier alpha value is -3.29. The Bertz CT molecular complexity index is 1170. The predicted molar refractivity (Wildman–Crippen MR) is 94.0 cm³/mol. The van der Waals surface area contributed by atoms with Crippen LogP contribution in [-0.4, -0.2) is 29.3 Å². The quantitative estimate of drug-likeness (QED) is 0.571. The molecule has 0 saturated carbocycles. The van der Waals surface area contributed by atoms with E-state index in [-0.39, 0.29) is 11.1 Å². The van der Waals surface area contributed by atoms with E-state index in [1.54, 1.807) is 29.1 Å². The van der Waals surface area contributed by atoms with Gasteiger partial charge in [-0.25, -0.2) is 10.1 Å². The van der Waals surface area contributed by atoms with E-state index in [4.69, 9.17) is 0 Å². The lowest BCUT2D eigenvalue weighted by Crippen LogP contribution is -2.22. The van der Waals surface area contributed by atoms with E-state index < -0.39 is 0 Å². The Morgan fingerprint density at radius 3 is 2.56 bits per heavy atom. The first-order valence-electron chi connectivity index (χ1n) is 8.10.